The van der Waals surface area contributed by atoms with Crippen molar-refractivity contribution in [1.82, 2.24) is 9.78 Å². The molecule has 0 bridgehead atoms. The number of rotatable bonds is 4. The predicted molar refractivity (Wildman–Crippen MR) is 87.4 cm³/mol. The van der Waals surface area contributed by atoms with Crippen LogP contribution < -0.4 is 5.73 Å². The molecule has 0 saturated carbocycles. The van der Waals surface area contributed by atoms with Crippen LogP contribution in [0.2, 0.25) is 5.02 Å². The van der Waals surface area contributed by atoms with Crippen molar-refractivity contribution in [2.45, 2.75) is 13.0 Å². The SMILES string of the molecule is NCc1cc(Cc2ccc(O)cc2)n(-c2ccccc2Cl)n1. The molecule has 0 radical (unpaired) electrons. The van der Waals surface area contributed by atoms with Crippen molar-refractivity contribution < 1.29 is 5.11 Å². The highest BCUT2D eigenvalue weighted by molar-refractivity contribution is 6.32. The molecule has 3 aromatic rings. The van der Waals surface area contributed by atoms with E-state index in [4.69, 9.17) is 17.3 Å². The molecule has 0 spiro atoms. The van der Waals surface area contributed by atoms with Gasteiger partial charge in [-0.3, -0.25) is 0 Å². The quantitative estimate of drug-likeness (QED) is 0.777. The van der Waals surface area contributed by atoms with Gasteiger partial charge in [-0.05, 0) is 35.9 Å². The van der Waals surface area contributed by atoms with E-state index in [2.05, 4.69) is 5.10 Å². The third kappa shape index (κ3) is 2.98. The summed E-state index contributed by atoms with van der Waals surface area (Å²) in [6.45, 7) is 0.375. The Labute approximate surface area is 133 Å². The predicted octanol–water partition coefficient (Wildman–Crippen LogP) is 3.28. The summed E-state index contributed by atoms with van der Waals surface area (Å²) in [6.07, 6.45) is 0.679. The molecule has 5 heteroatoms. The molecule has 0 saturated heterocycles. The Morgan fingerprint density at radius 2 is 1.82 bits per heavy atom. The summed E-state index contributed by atoms with van der Waals surface area (Å²) in [5, 5.41) is 14.6. The van der Waals surface area contributed by atoms with Crippen LogP contribution in [-0.2, 0) is 13.0 Å². The van der Waals surface area contributed by atoms with Gasteiger partial charge in [0.2, 0.25) is 0 Å². The lowest BCUT2D eigenvalue weighted by Crippen LogP contribution is -2.04. The maximum absolute atomic E-state index is 9.38. The van der Waals surface area contributed by atoms with Gasteiger partial charge in [0.1, 0.15) is 5.75 Å². The molecule has 0 fully saturated rings. The van der Waals surface area contributed by atoms with Gasteiger partial charge in [0.05, 0.1) is 16.4 Å². The molecule has 112 valence electrons. The summed E-state index contributed by atoms with van der Waals surface area (Å²) in [7, 11) is 0. The van der Waals surface area contributed by atoms with Crippen LogP contribution in [0.25, 0.3) is 5.69 Å². The van der Waals surface area contributed by atoms with Gasteiger partial charge < -0.3 is 10.8 Å². The molecule has 4 nitrogen and oxygen atoms in total. The van der Waals surface area contributed by atoms with Gasteiger partial charge in [0.15, 0.2) is 0 Å². The highest BCUT2D eigenvalue weighted by atomic mass is 35.5. The molecular formula is C17H16ClN3O. The summed E-state index contributed by atoms with van der Waals surface area (Å²) in [5.74, 6) is 0.256. The molecule has 0 amide bonds. The van der Waals surface area contributed by atoms with Crippen molar-refractivity contribution in [3.05, 3.63) is 76.6 Å². The number of nitrogens with zero attached hydrogens (tertiary/aromatic N) is 2. The second-order valence-corrected chi connectivity index (χ2v) is 5.44. The number of hydrogen-bond acceptors (Lipinski definition) is 3. The molecule has 22 heavy (non-hydrogen) atoms. The van der Waals surface area contributed by atoms with Gasteiger partial charge >= 0.3 is 0 Å². The van der Waals surface area contributed by atoms with Crippen molar-refractivity contribution in [2.24, 2.45) is 5.73 Å². The van der Waals surface area contributed by atoms with Crippen molar-refractivity contribution in [3.63, 3.8) is 0 Å². The van der Waals surface area contributed by atoms with E-state index in [1.165, 1.54) is 0 Å². The lowest BCUT2D eigenvalue weighted by atomic mass is 10.1. The molecule has 0 aliphatic carbocycles. The molecule has 3 N–H and O–H groups in total. The Bertz CT molecular complexity index is 781. The third-order valence-electron chi connectivity index (χ3n) is 3.45. The minimum atomic E-state index is 0.256. The van der Waals surface area contributed by atoms with E-state index in [9.17, 15) is 5.11 Å². The standard InChI is InChI=1S/C17H16ClN3O/c18-16-3-1-2-4-17(16)21-14(10-13(11-19)20-21)9-12-5-7-15(22)8-6-12/h1-8,10,22H,9,11,19H2. The first-order chi connectivity index (χ1) is 10.7. The van der Waals surface area contributed by atoms with Crippen molar-refractivity contribution in [1.29, 1.82) is 0 Å². The molecule has 0 aliphatic heterocycles. The summed E-state index contributed by atoms with van der Waals surface area (Å²) in [4.78, 5) is 0. The fourth-order valence-corrected chi connectivity index (χ4v) is 2.57. The molecule has 1 heterocycles. The summed E-state index contributed by atoms with van der Waals surface area (Å²) >= 11 is 6.28. The maximum Gasteiger partial charge on any atom is 0.115 e. The smallest absolute Gasteiger partial charge is 0.115 e. The topological polar surface area (TPSA) is 64.1 Å². The zero-order valence-electron chi connectivity index (χ0n) is 11.9. The van der Waals surface area contributed by atoms with Crippen LogP contribution >= 0.6 is 11.6 Å². The van der Waals surface area contributed by atoms with Gasteiger partial charge in [0, 0.05) is 18.7 Å². The molecule has 0 atom stereocenters. The van der Waals surface area contributed by atoms with Crippen LogP contribution in [0, 0.1) is 0 Å². The largest absolute Gasteiger partial charge is 0.508 e. The molecule has 3 rings (SSSR count). The first-order valence-electron chi connectivity index (χ1n) is 6.98. The first-order valence-corrected chi connectivity index (χ1v) is 7.36. The van der Waals surface area contributed by atoms with Crippen molar-refractivity contribution in [3.8, 4) is 11.4 Å². The van der Waals surface area contributed by atoms with Crippen LogP contribution in [0.1, 0.15) is 17.0 Å². The number of hydrogen-bond donors (Lipinski definition) is 2. The first kappa shape index (κ1) is 14.6. The van der Waals surface area contributed by atoms with E-state index in [0.717, 1.165) is 22.6 Å². The number of para-hydroxylation sites is 1. The highest BCUT2D eigenvalue weighted by Crippen LogP contribution is 2.23. The number of benzene rings is 2. The lowest BCUT2D eigenvalue weighted by Gasteiger charge is -2.09. The van der Waals surface area contributed by atoms with Crippen LogP contribution in [0.15, 0.2) is 54.6 Å². The van der Waals surface area contributed by atoms with Gasteiger partial charge in [-0.1, -0.05) is 35.9 Å². The number of nitrogens with two attached hydrogens (primary N) is 1. The second-order valence-electron chi connectivity index (χ2n) is 5.04. The zero-order valence-corrected chi connectivity index (χ0v) is 12.7. The van der Waals surface area contributed by atoms with E-state index in [1.807, 2.05) is 47.1 Å². The monoisotopic (exact) mass is 313 g/mol. The van der Waals surface area contributed by atoms with E-state index in [-0.39, 0.29) is 5.75 Å². The van der Waals surface area contributed by atoms with Crippen molar-refractivity contribution >= 4 is 11.6 Å². The van der Waals surface area contributed by atoms with Crippen LogP contribution in [0.5, 0.6) is 5.75 Å². The molecule has 2 aromatic carbocycles. The minimum absolute atomic E-state index is 0.256. The van der Waals surface area contributed by atoms with Crippen LogP contribution in [-0.4, -0.2) is 14.9 Å². The molecular weight excluding hydrogens is 298 g/mol. The highest BCUT2D eigenvalue weighted by Gasteiger charge is 2.12. The Morgan fingerprint density at radius 3 is 2.50 bits per heavy atom. The average molecular weight is 314 g/mol. The fourth-order valence-electron chi connectivity index (χ4n) is 2.36. The number of phenolic OH excluding ortho intramolecular Hbond substituents is 1. The van der Waals surface area contributed by atoms with Crippen LogP contribution in [0.3, 0.4) is 0 Å². The molecule has 0 unspecified atom stereocenters. The van der Waals surface area contributed by atoms with Gasteiger partial charge in [-0.25, -0.2) is 4.68 Å². The Hall–Kier alpha value is -2.30. The van der Waals surface area contributed by atoms with Gasteiger partial charge in [-0.2, -0.15) is 5.10 Å². The number of aromatic nitrogens is 2. The van der Waals surface area contributed by atoms with E-state index in [0.29, 0.717) is 18.0 Å². The lowest BCUT2D eigenvalue weighted by molar-refractivity contribution is 0.475. The van der Waals surface area contributed by atoms with E-state index in [1.54, 1.807) is 12.1 Å². The molecule has 1 aromatic heterocycles. The van der Waals surface area contributed by atoms with E-state index >= 15 is 0 Å². The summed E-state index contributed by atoms with van der Waals surface area (Å²) in [6, 6.07) is 16.7. The summed E-state index contributed by atoms with van der Waals surface area (Å²) < 4.78 is 1.83. The Balaban J connectivity index is 2.02. The average Bonchev–Trinajstić information content (AvgIpc) is 2.93. The Morgan fingerprint density at radius 1 is 1.09 bits per heavy atom. The zero-order chi connectivity index (χ0) is 15.5. The second kappa shape index (κ2) is 6.22. The van der Waals surface area contributed by atoms with Gasteiger partial charge in [-0.15, -0.1) is 0 Å². The molecule has 0 aliphatic rings. The number of aromatic hydroxyl groups is 1. The third-order valence-corrected chi connectivity index (χ3v) is 3.76. The number of phenols is 1. The van der Waals surface area contributed by atoms with Crippen LogP contribution in [0.4, 0.5) is 0 Å². The van der Waals surface area contributed by atoms with Crippen molar-refractivity contribution in [2.75, 3.05) is 0 Å². The van der Waals surface area contributed by atoms with Gasteiger partial charge in [0.25, 0.3) is 0 Å². The fraction of sp³-hybridized carbons (Fsp3) is 0.118. The number of halogens is 1. The minimum Gasteiger partial charge on any atom is -0.508 e. The normalized spacial score (nSPS) is 10.8. The summed E-state index contributed by atoms with van der Waals surface area (Å²) in [5.41, 5.74) is 9.44. The Kier molecular flexibility index (Phi) is 4.13. The maximum atomic E-state index is 9.38. The van der Waals surface area contributed by atoms with E-state index < -0.39 is 0 Å².